The van der Waals surface area contributed by atoms with Crippen molar-refractivity contribution in [3.05, 3.63) is 87.2 Å². The van der Waals surface area contributed by atoms with Gasteiger partial charge >= 0.3 is 5.97 Å². The van der Waals surface area contributed by atoms with E-state index in [0.29, 0.717) is 28.4 Å². The molecule has 1 aromatic heterocycles. The van der Waals surface area contributed by atoms with Crippen LogP contribution in [0.5, 0.6) is 0 Å². The van der Waals surface area contributed by atoms with Gasteiger partial charge in [0.25, 0.3) is 11.8 Å². The molecule has 0 radical (unpaired) electrons. The van der Waals surface area contributed by atoms with E-state index in [2.05, 4.69) is 5.32 Å². The molecule has 0 unspecified atom stereocenters. The summed E-state index contributed by atoms with van der Waals surface area (Å²) >= 11 is 11.5. The smallest absolute Gasteiger partial charge is 0.338 e. The summed E-state index contributed by atoms with van der Waals surface area (Å²) in [5, 5.41) is 3.08. The van der Waals surface area contributed by atoms with Gasteiger partial charge < -0.3 is 9.30 Å². The number of nitrogens with zero attached hydrogens (tertiary/aromatic N) is 2. The van der Waals surface area contributed by atoms with Gasteiger partial charge in [-0.25, -0.2) is 4.79 Å². The molecule has 2 aromatic carbocycles. The second kappa shape index (κ2) is 10.1. The maximum absolute atomic E-state index is 13.4. The van der Waals surface area contributed by atoms with Crippen molar-refractivity contribution in [2.24, 2.45) is 0 Å². The number of nitrogens with one attached hydrogen (secondary N) is 1. The number of ether oxygens (including phenoxy) is 1. The van der Waals surface area contributed by atoms with Crippen molar-refractivity contribution in [3.63, 3.8) is 0 Å². The zero-order chi connectivity index (χ0) is 26.1. The molecule has 4 rings (SSSR count). The van der Waals surface area contributed by atoms with Crippen molar-refractivity contribution in [1.82, 2.24) is 9.88 Å². The third-order valence-corrected chi connectivity index (χ3v) is 6.61. The summed E-state index contributed by atoms with van der Waals surface area (Å²) in [4.78, 5) is 39.4. The van der Waals surface area contributed by atoms with Crippen LogP contribution in [0.2, 0.25) is 5.02 Å². The highest BCUT2D eigenvalue weighted by atomic mass is 35.5. The lowest BCUT2D eigenvalue weighted by atomic mass is 10.1. The second-order valence-electron chi connectivity index (χ2n) is 8.32. The molecule has 0 saturated carbocycles. The molecule has 3 aromatic rings. The Morgan fingerprint density at radius 2 is 1.72 bits per heavy atom. The first-order valence-corrected chi connectivity index (χ1v) is 12.0. The van der Waals surface area contributed by atoms with E-state index in [9.17, 15) is 14.4 Å². The molecule has 0 bridgehead atoms. The van der Waals surface area contributed by atoms with Crippen molar-refractivity contribution in [2.45, 2.75) is 27.7 Å². The largest absolute Gasteiger partial charge is 0.462 e. The third-order valence-electron chi connectivity index (χ3n) is 5.92. The molecular formula is C27H24ClN3O4S. The van der Waals surface area contributed by atoms with Crippen LogP contribution in [-0.4, -0.2) is 34.1 Å². The van der Waals surface area contributed by atoms with Gasteiger partial charge in [-0.2, -0.15) is 0 Å². The predicted octanol–water partition coefficient (Wildman–Crippen LogP) is 5.06. The topological polar surface area (TPSA) is 80.6 Å². The summed E-state index contributed by atoms with van der Waals surface area (Å²) in [6.07, 6.45) is 1.56. The van der Waals surface area contributed by atoms with Crippen LogP contribution in [0.1, 0.15) is 39.8 Å². The van der Waals surface area contributed by atoms with Gasteiger partial charge in [0.15, 0.2) is 5.11 Å². The maximum Gasteiger partial charge on any atom is 0.338 e. The Bertz CT molecular complexity index is 1440. The summed E-state index contributed by atoms with van der Waals surface area (Å²) in [5.74, 6) is -1.48. The normalized spacial score (nSPS) is 14.9. The van der Waals surface area contributed by atoms with Crippen LogP contribution in [0, 0.1) is 20.8 Å². The summed E-state index contributed by atoms with van der Waals surface area (Å²) in [7, 11) is 0. The molecule has 2 heterocycles. The average molecular weight is 522 g/mol. The Balaban J connectivity index is 1.70. The number of thiocarbonyl (C=S) groups is 1. The molecule has 0 atom stereocenters. The van der Waals surface area contributed by atoms with Crippen molar-refractivity contribution in [1.29, 1.82) is 0 Å². The number of benzene rings is 2. The van der Waals surface area contributed by atoms with Gasteiger partial charge in [0.05, 0.1) is 17.9 Å². The first kappa shape index (κ1) is 25.3. The number of esters is 1. The van der Waals surface area contributed by atoms with Crippen LogP contribution in [0.4, 0.5) is 5.69 Å². The van der Waals surface area contributed by atoms with Gasteiger partial charge in [-0.05, 0) is 99.6 Å². The van der Waals surface area contributed by atoms with Gasteiger partial charge in [0, 0.05) is 22.1 Å². The first-order valence-electron chi connectivity index (χ1n) is 11.3. The third kappa shape index (κ3) is 4.69. The highest BCUT2D eigenvalue weighted by Gasteiger charge is 2.35. The Morgan fingerprint density at radius 3 is 2.36 bits per heavy atom. The Morgan fingerprint density at radius 1 is 1.06 bits per heavy atom. The van der Waals surface area contributed by atoms with E-state index in [1.54, 1.807) is 43.3 Å². The Kier molecular flexibility index (Phi) is 7.10. The monoisotopic (exact) mass is 521 g/mol. The zero-order valence-electron chi connectivity index (χ0n) is 20.2. The van der Waals surface area contributed by atoms with Crippen LogP contribution in [0.15, 0.2) is 54.1 Å². The van der Waals surface area contributed by atoms with E-state index in [0.717, 1.165) is 22.6 Å². The zero-order valence-corrected chi connectivity index (χ0v) is 21.8. The summed E-state index contributed by atoms with van der Waals surface area (Å²) in [6, 6.07) is 14.1. The SMILES string of the molecule is CCOC(=O)c1ccc(-n2c(C)cc(/C=C3\C(=O)NC(=S)N(c4ccc(C)c(Cl)c4)C3=O)c2C)cc1. The van der Waals surface area contributed by atoms with E-state index in [1.165, 1.54) is 4.90 Å². The predicted molar refractivity (Wildman–Crippen MR) is 144 cm³/mol. The molecule has 9 heteroatoms. The molecule has 1 aliphatic rings. The van der Waals surface area contributed by atoms with Crippen LogP contribution < -0.4 is 10.2 Å². The number of hydrogen-bond donors (Lipinski definition) is 1. The van der Waals surface area contributed by atoms with Crippen LogP contribution in [0.25, 0.3) is 11.8 Å². The number of hydrogen-bond acceptors (Lipinski definition) is 5. The molecule has 184 valence electrons. The number of aryl methyl sites for hydroxylation is 2. The molecule has 1 fully saturated rings. The molecular weight excluding hydrogens is 498 g/mol. The average Bonchev–Trinajstić information content (AvgIpc) is 3.11. The van der Waals surface area contributed by atoms with Gasteiger partial charge in [0.2, 0.25) is 0 Å². The molecule has 7 nitrogen and oxygen atoms in total. The summed E-state index contributed by atoms with van der Waals surface area (Å²) in [6.45, 7) is 7.74. The number of halogens is 1. The Hall–Kier alpha value is -3.75. The molecule has 2 amide bonds. The molecule has 1 N–H and O–H groups in total. The van der Waals surface area contributed by atoms with Crippen LogP contribution >= 0.6 is 23.8 Å². The maximum atomic E-state index is 13.4. The number of anilines is 1. The minimum Gasteiger partial charge on any atom is -0.462 e. The van der Waals surface area contributed by atoms with Gasteiger partial charge in [-0.1, -0.05) is 17.7 Å². The lowest BCUT2D eigenvalue weighted by molar-refractivity contribution is -0.122. The Labute approximate surface area is 219 Å². The van der Waals surface area contributed by atoms with E-state index in [4.69, 9.17) is 28.6 Å². The van der Waals surface area contributed by atoms with E-state index < -0.39 is 11.8 Å². The summed E-state index contributed by atoms with van der Waals surface area (Å²) < 4.78 is 7.03. The van der Waals surface area contributed by atoms with E-state index in [1.807, 2.05) is 43.5 Å². The number of aromatic nitrogens is 1. The highest BCUT2D eigenvalue weighted by molar-refractivity contribution is 7.80. The molecule has 0 spiro atoms. The minimum absolute atomic E-state index is 0.00534. The minimum atomic E-state index is -0.567. The highest BCUT2D eigenvalue weighted by Crippen LogP contribution is 2.28. The molecule has 1 aliphatic heterocycles. The summed E-state index contributed by atoms with van der Waals surface area (Å²) in [5.41, 5.74) is 5.00. The fourth-order valence-corrected chi connectivity index (χ4v) is 4.52. The van der Waals surface area contributed by atoms with Gasteiger partial charge in [-0.15, -0.1) is 0 Å². The van der Waals surface area contributed by atoms with Crippen LogP contribution in [0.3, 0.4) is 0 Å². The second-order valence-corrected chi connectivity index (χ2v) is 9.11. The quantitative estimate of drug-likeness (QED) is 0.219. The van der Waals surface area contributed by atoms with E-state index in [-0.39, 0.29) is 16.7 Å². The first-order chi connectivity index (χ1) is 17.1. The standard InChI is InChI=1S/C27H24ClN3O4S/c1-5-35-26(34)18-7-10-20(11-8-18)30-16(3)12-19(17(30)4)13-22-24(32)29-27(36)31(25(22)33)21-9-6-15(2)23(28)14-21/h6-14H,5H2,1-4H3,(H,29,32,36)/b22-13+. The fraction of sp³-hybridized carbons (Fsp3) is 0.185. The van der Waals surface area contributed by atoms with Crippen molar-refractivity contribution >= 4 is 58.5 Å². The molecule has 0 aliphatic carbocycles. The van der Waals surface area contributed by atoms with Crippen molar-refractivity contribution in [3.8, 4) is 5.69 Å². The van der Waals surface area contributed by atoms with Crippen molar-refractivity contribution in [2.75, 3.05) is 11.5 Å². The molecule has 36 heavy (non-hydrogen) atoms. The van der Waals surface area contributed by atoms with Crippen molar-refractivity contribution < 1.29 is 19.1 Å². The van der Waals surface area contributed by atoms with E-state index >= 15 is 0 Å². The number of amides is 2. The number of carbonyl (C=O) groups excluding carboxylic acids is 3. The molecule has 1 saturated heterocycles. The van der Waals surface area contributed by atoms with Crippen LogP contribution in [-0.2, 0) is 14.3 Å². The number of rotatable bonds is 5. The van der Waals surface area contributed by atoms with Gasteiger partial charge in [0.1, 0.15) is 5.57 Å². The fourth-order valence-electron chi connectivity index (χ4n) is 4.06. The number of carbonyl (C=O) groups is 3. The lowest BCUT2D eigenvalue weighted by Gasteiger charge is -2.29. The lowest BCUT2D eigenvalue weighted by Crippen LogP contribution is -2.54. The van der Waals surface area contributed by atoms with Gasteiger partial charge in [-0.3, -0.25) is 19.8 Å².